The van der Waals surface area contributed by atoms with Crippen LogP contribution in [0.2, 0.25) is 0 Å². The Kier molecular flexibility index (Phi) is 5.82. The molecule has 1 aliphatic rings. The first-order valence-corrected chi connectivity index (χ1v) is 8.60. The van der Waals surface area contributed by atoms with Crippen LogP contribution in [0.1, 0.15) is 35.1 Å². The van der Waals surface area contributed by atoms with E-state index in [0.717, 1.165) is 37.4 Å². The fourth-order valence-corrected chi connectivity index (χ4v) is 3.04. The van der Waals surface area contributed by atoms with Crippen LogP contribution in [0, 0.1) is 0 Å². The molecule has 1 saturated heterocycles. The first-order valence-electron chi connectivity index (χ1n) is 8.60. The van der Waals surface area contributed by atoms with Gasteiger partial charge in [0.1, 0.15) is 5.69 Å². The maximum atomic E-state index is 12.6. The lowest BCUT2D eigenvalue weighted by Gasteiger charge is -2.19. The molecule has 0 atom stereocenters. The zero-order valence-electron chi connectivity index (χ0n) is 14.9. The predicted molar refractivity (Wildman–Crippen MR) is 102 cm³/mol. The van der Waals surface area contributed by atoms with E-state index in [1.54, 1.807) is 40.9 Å². The predicted octanol–water partition coefficient (Wildman–Crippen LogP) is 1.54. The van der Waals surface area contributed by atoms with Crippen LogP contribution < -0.4 is 10.6 Å². The van der Waals surface area contributed by atoms with E-state index in [4.69, 9.17) is 0 Å². The molecule has 3 aromatic heterocycles. The molecule has 1 fully saturated rings. The monoisotopic (exact) mass is 388 g/mol. The van der Waals surface area contributed by atoms with E-state index in [9.17, 15) is 4.79 Å². The second kappa shape index (κ2) is 8.28. The number of halogens is 1. The average molecular weight is 389 g/mol. The van der Waals surface area contributed by atoms with Gasteiger partial charge in [-0.05, 0) is 44.1 Å². The van der Waals surface area contributed by atoms with Crippen molar-refractivity contribution in [3.63, 3.8) is 0 Å². The average Bonchev–Trinajstić information content (AvgIpc) is 3.33. The Labute approximate surface area is 162 Å². The highest BCUT2D eigenvalue weighted by atomic mass is 35.5. The first kappa shape index (κ1) is 19.0. The molecule has 0 spiro atoms. The number of aryl methyl sites for hydroxylation is 1. The van der Waals surface area contributed by atoms with Gasteiger partial charge in [-0.15, -0.1) is 12.4 Å². The molecule has 1 amide bonds. The summed E-state index contributed by atoms with van der Waals surface area (Å²) in [5, 5.41) is 14.8. The van der Waals surface area contributed by atoms with E-state index in [0.29, 0.717) is 17.6 Å². The summed E-state index contributed by atoms with van der Waals surface area (Å²) in [4.78, 5) is 21.3. The van der Waals surface area contributed by atoms with Gasteiger partial charge in [-0.1, -0.05) is 0 Å². The number of hydrogen-bond acceptors (Lipinski definition) is 6. The van der Waals surface area contributed by atoms with Gasteiger partial charge in [0, 0.05) is 31.6 Å². The molecule has 9 nitrogen and oxygen atoms in total. The maximum absolute atomic E-state index is 12.6. The van der Waals surface area contributed by atoms with E-state index < -0.39 is 0 Å². The number of hydrogen-bond donors (Lipinski definition) is 2. The minimum absolute atomic E-state index is 0. The van der Waals surface area contributed by atoms with Crippen LogP contribution in [-0.2, 0) is 7.05 Å². The van der Waals surface area contributed by atoms with E-state index in [1.807, 2.05) is 12.3 Å². The van der Waals surface area contributed by atoms with E-state index >= 15 is 0 Å². The van der Waals surface area contributed by atoms with Crippen molar-refractivity contribution in [1.29, 1.82) is 0 Å². The molecular formula is C17H21ClN8O. The van der Waals surface area contributed by atoms with Crippen molar-refractivity contribution in [2.45, 2.75) is 18.8 Å². The zero-order chi connectivity index (χ0) is 17.9. The standard InChI is InChI=1S/C17H20N8O.ClH/c1-24-17(21-15(23-24)12-3-7-18-8-4-12)22-16(26)14-11-13(5-9-19-14)25-10-2-6-20-25;/h2,5-6,9-12,18H,3-4,7-8H2,1H3,(H,21,22,23,26);1H. The fourth-order valence-electron chi connectivity index (χ4n) is 3.04. The first-order chi connectivity index (χ1) is 12.7. The quantitative estimate of drug-likeness (QED) is 0.702. The lowest BCUT2D eigenvalue weighted by Crippen LogP contribution is -2.27. The number of carbonyl (C=O) groups is 1. The summed E-state index contributed by atoms with van der Waals surface area (Å²) >= 11 is 0. The molecule has 27 heavy (non-hydrogen) atoms. The summed E-state index contributed by atoms with van der Waals surface area (Å²) in [6, 6.07) is 5.30. The number of amides is 1. The number of piperidine rings is 1. The number of carbonyl (C=O) groups excluding carboxylic acids is 1. The number of nitrogens with one attached hydrogen (secondary N) is 2. The summed E-state index contributed by atoms with van der Waals surface area (Å²) < 4.78 is 3.28. The topological polar surface area (TPSA) is 103 Å². The summed E-state index contributed by atoms with van der Waals surface area (Å²) in [5.74, 6) is 1.21. The van der Waals surface area contributed by atoms with Gasteiger partial charge in [-0.25, -0.2) is 9.36 Å². The largest absolute Gasteiger partial charge is 0.317 e. The van der Waals surface area contributed by atoms with Gasteiger partial charge in [-0.2, -0.15) is 15.2 Å². The van der Waals surface area contributed by atoms with Gasteiger partial charge in [0.05, 0.1) is 5.69 Å². The highest BCUT2D eigenvalue weighted by Gasteiger charge is 2.21. The summed E-state index contributed by atoms with van der Waals surface area (Å²) in [6.07, 6.45) is 7.09. The molecule has 0 unspecified atom stereocenters. The number of pyridine rings is 1. The molecule has 1 aliphatic heterocycles. The smallest absolute Gasteiger partial charge is 0.276 e. The van der Waals surface area contributed by atoms with Crippen molar-refractivity contribution >= 4 is 24.3 Å². The second-order valence-corrected chi connectivity index (χ2v) is 6.25. The summed E-state index contributed by atoms with van der Waals surface area (Å²) in [7, 11) is 1.78. The van der Waals surface area contributed by atoms with Crippen molar-refractivity contribution in [1.82, 2.24) is 34.8 Å². The molecule has 0 bridgehead atoms. The number of nitrogens with zero attached hydrogens (tertiary/aromatic N) is 6. The van der Waals surface area contributed by atoms with Crippen LogP contribution in [0.25, 0.3) is 5.69 Å². The number of rotatable bonds is 4. The summed E-state index contributed by atoms with van der Waals surface area (Å²) in [6.45, 7) is 1.93. The molecule has 0 radical (unpaired) electrons. The fraction of sp³-hybridized carbons (Fsp3) is 0.353. The van der Waals surface area contributed by atoms with Crippen LogP contribution in [-0.4, -0.2) is 48.5 Å². The Bertz CT molecular complexity index is 902. The van der Waals surface area contributed by atoms with E-state index in [-0.39, 0.29) is 18.3 Å². The van der Waals surface area contributed by atoms with Crippen LogP contribution in [0.4, 0.5) is 5.95 Å². The van der Waals surface area contributed by atoms with Crippen LogP contribution >= 0.6 is 12.4 Å². The SMILES string of the molecule is Cl.Cn1nc(C2CCNCC2)nc1NC(=O)c1cc(-n2cccn2)ccn1. The minimum atomic E-state index is -0.327. The molecular weight excluding hydrogens is 368 g/mol. The van der Waals surface area contributed by atoms with Crippen molar-refractivity contribution in [2.24, 2.45) is 7.05 Å². The van der Waals surface area contributed by atoms with E-state index in [2.05, 4.69) is 30.8 Å². The highest BCUT2D eigenvalue weighted by molar-refractivity contribution is 6.02. The van der Waals surface area contributed by atoms with Gasteiger partial charge >= 0.3 is 0 Å². The molecule has 4 rings (SSSR count). The van der Waals surface area contributed by atoms with Crippen molar-refractivity contribution in [3.8, 4) is 5.69 Å². The molecule has 0 aliphatic carbocycles. The van der Waals surface area contributed by atoms with Gasteiger partial charge < -0.3 is 5.32 Å². The Morgan fingerprint density at radius 1 is 1.30 bits per heavy atom. The summed E-state index contributed by atoms with van der Waals surface area (Å²) in [5.41, 5.74) is 1.06. The van der Waals surface area contributed by atoms with Gasteiger partial charge in [0.15, 0.2) is 5.82 Å². The van der Waals surface area contributed by atoms with Gasteiger partial charge in [-0.3, -0.25) is 15.1 Å². The lowest BCUT2D eigenvalue weighted by atomic mass is 9.98. The van der Waals surface area contributed by atoms with Crippen LogP contribution in [0.3, 0.4) is 0 Å². The molecule has 10 heteroatoms. The van der Waals surface area contributed by atoms with Crippen LogP contribution in [0.5, 0.6) is 0 Å². The van der Waals surface area contributed by atoms with E-state index in [1.165, 1.54) is 0 Å². The Morgan fingerprint density at radius 3 is 2.85 bits per heavy atom. The molecule has 0 aromatic carbocycles. The van der Waals surface area contributed by atoms with Gasteiger partial charge in [0.2, 0.25) is 5.95 Å². The van der Waals surface area contributed by atoms with Crippen molar-refractivity contribution < 1.29 is 4.79 Å². The third-order valence-electron chi connectivity index (χ3n) is 4.45. The highest BCUT2D eigenvalue weighted by Crippen LogP contribution is 2.23. The van der Waals surface area contributed by atoms with Crippen LogP contribution in [0.15, 0.2) is 36.8 Å². The molecule has 142 valence electrons. The maximum Gasteiger partial charge on any atom is 0.276 e. The Morgan fingerprint density at radius 2 is 2.11 bits per heavy atom. The lowest BCUT2D eigenvalue weighted by molar-refractivity contribution is 0.102. The second-order valence-electron chi connectivity index (χ2n) is 6.25. The zero-order valence-corrected chi connectivity index (χ0v) is 15.7. The Hall–Kier alpha value is -2.78. The van der Waals surface area contributed by atoms with Crippen molar-refractivity contribution in [3.05, 3.63) is 48.3 Å². The normalized spacial score (nSPS) is 14.6. The third-order valence-corrected chi connectivity index (χ3v) is 4.45. The molecule has 3 aromatic rings. The number of aromatic nitrogens is 6. The number of anilines is 1. The minimum Gasteiger partial charge on any atom is -0.317 e. The third kappa shape index (κ3) is 4.15. The molecule has 4 heterocycles. The Balaban J connectivity index is 0.00000210. The van der Waals surface area contributed by atoms with Gasteiger partial charge in [0.25, 0.3) is 5.91 Å². The van der Waals surface area contributed by atoms with Crippen molar-refractivity contribution in [2.75, 3.05) is 18.4 Å². The molecule has 0 saturated carbocycles. The molecule has 2 N–H and O–H groups in total.